The molecule has 33 heavy (non-hydrogen) atoms. The largest absolute Gasteiger partial charge is 0.480 e. The summed E-state index contributed by atoms with van der Waals surface area (Å²) in [5.41, 5.74) is 17.1. The maximum Gasteiger partial charge on any atom is 0.326 e. The Bertz CT molecular complexity index is 690. The van der Waals surface area contributed by atoms with Crippen molar-refractivity contribution in [3.8, 4) is 0 Å². The van der Waals surface area contributed by atoms with Crippen molar-refractivity contribution in [1.29, 1.82) is 0 Å². The number of nitrogens with two attached hydrogens (primary N) is 3. The van der Waals surface area contributed by atoms with Gasteiger partial charge in [0, 0.05) is 13.1 Å². The van der Waals surface area contributed by atoms with E-state index in [1.165, 1.54) is 9.80 Å². The van der Waals surface area contributed by atoms with Crippen molar-refractivity contribution < 1.29 is 24.3 Å². The molecule has 11 nitrogen and oxygen atoms in total. The van der Waals surface area contributed by atoms with Crippen LogP contribution in [0.4, 0.5) is 0 Å². The predicted molar refractivity (Wildman–Crippen MR) is 123 cm³/mol. The highest BCUT2D eigenvalue weighted by atomic mass is 16.4. The van der Waals surface area contributed by atoms with Crippen LogP contribution in [-0.2, 0) is 19.2 Å². The summed E-state index contributed by atoms with van der Waals surface area (Å²) in [6, 6.07) is -3.09. The van der Waals surface area contributed by atoms with E-state index in [0.29, 0.717) is 77.5 Å². The second-order valence-corrected chi connectivity index (χ2v) is 8.95. The van der Waals surface area contributed by atoms with Gasteiger partial charge >= 0.3 is 5.97 Å². The number of carboxylic acid groups (broad SMARTS) is 1. The highest BCUT2D eigenvalue weighted by Crippen LogP contribution is 2.22. The molecule has 0 bridgehead atoms. The Kier molecular flexibility index (Phi) is 11.0. The first-order chi connectivity index (χ1) is 15.8. The van der Waals surface area contributed by atoms with Gasteiger partial charge in [0.2, 0.25) is 17.7 Å². The average Bonchev–Trinajstić information content (AvgIpc) is 3.47. The van der Waals surface area contributed by atoms with Crippen molar-refractivity contribution in [2.45, 2.75) is 88.4 Å². The number of rotatable bonds is 13. The van der Waals surface area contributed by atoms with E-state index in [4.69, 9.17) is 17.2 Å². The maximum atomic E-state index is 13.2. The van der Waals surface area contributed by atoms with E-state index in [1.807, 2.05) is 0 Å². The molecule has 2 aliphatic heterocycles. The Morgan fingerprint density at radius 2 is 1.39 bits per heavy atom. The summed E-state index contributed by atoms with van der Waals surface area (Å²) in [4.78, 5) is 53.6. The normalized spacial score (nSPS) is 22.3. The minimum absolute atomic E-state index is 0.263. The maximum absolute atomic E-state index is 13.2. The van der Waals surface area contributed by atoms with Crippen LogP contribution in [0, 0.1) is 0 Å². The van der Waals surface area contributed by atoms with Crippen LogP contribution in [0.15, 0.2) is 0 Å². The van der Waals surface area contributed by atoms with E-state index in [2.05, 4.69) is 5.32 Å². The van der Waals surface area contributed by atoms with Gasteiger partial charge in [-0.25, -0.2) is 4.79 Å². The SMILES string of the molecule is NCCCC[C@H](NC(=O)[C@@H]1CCCN1C(=O)[C@@H](N)CCCCN)C(=O)N1CCC[C@H]1C(=O)O. The van der Waals surface area contributed by atoms with Crippen LogP contribution in [0.2, 0.25) is 0 Å². The molecule has 4 atom stereocenters. The fraction of sp³-hybridized carbons (Fsp3) is 0.818. The molecule has 3 amide bonds. The lowest BCUT2D eigenvalue weighted by atomic mass is 10.1. The first-order valence-corrected chi connectivity index (χ1v) is 12.1. The highest BCUT2D eigenvalue weighted by Gasteiger charge is 2.40. The topological polar surface area (TPSA) is 185 Å². The zero-order valence-corrected chi connectivity index (χ0v) is 19.4. The van der Waals surface area contributed by atoms with Crippen LogP contribution in [0.5, 0.6) is 0 Å². The minimum atomic E-state index is -1.04. The molecule has 0 unspecified atom stereocenters. The van der Waals surface area contributed by atoms with Gasteiger partial charge in [-0.3, -0.25) is 14.4 Å². The third-order valence-corrected chi connectivity index (χ3v) is 6.51. The van der Waals surface area contributed by atoms with E-state index in [0.717, 1.165) is 12.8 Å². The molecule has 0 radical (unpaired) electrons. The number of nitrogens with zero attached hydrogens (tertiary/aromatic N) is 2. The number of amides is 3. The second-order valence-electron chi connectivity index (χ2n) is 8.95. The molecule has 11 heteroatoms. The minimum Gasteiger partial charge on any atom is -0.480 e. The molecule has 0 saturated carbocycles. The van der Waals surface area contributed by atoms with Crippen molar-refractivity contribution in [3.05, 3.63) is 0 Å². The molecule has 0 aromatic carbocycles. The zero-order chi connectivity index (χ0) is 24.4. The third kappa shape index (κ3) is 7.38. The monoisotopic (exact) mass is 468 g/mol. The summed E-state index contributed by atoms with van der Waals surface area (Å²) in [7, 11) is 0. The van der Waals surface area contributed by atoms with Crippen LogP contribution >= 0.6 is 0 Å². The van der Waals surface area contributed by atoms with Crippen LogP contribution < -0.4 is 22.5 Å². The molecule has 2 rings (SSSR count). The van der Waals surface area contributed by atoms with Crippen LogP contribution in [-0.4, -0.2) is 88.9 Å². The average molecular weight is 469 g/mol. The van der Waals surface area contributed by atoms with Crippen molar-refractivity contribution in [3.63, 3.8) is 0 Å². The number of carbonyl (C=O) groups is 4. The Labute approximate surface area is 195 Å². The third-order valence-electron chi connectivity index (χ3n) is 6.51. The highest BCUT2D eigenvalue weighted by molar-refractivity contribution is 5.94. The van der Waals surface area contributed by atoms with Gasteiger partial charge in [0.15, 0.2) is 0 Å². The summed E-state index contributed by atoms with van der Waals surface area (Å²) in [6.07, 6.45) is 5.90. The standard InChI is InChI=1S/C22H40N6O5/c23-11-3-1-7-15(25)20(30)27-13-5-9-17(27)19(29)26-16(8-2-4-12-24)21(31)28-14-6-10-18(28)22(32)33/h15-18H,1-14,23-25H2,(H,26,29)(H,32,33)/t15-,16-,17-,18-/m0/s1. The van der Waals surface area contributed by atoms with Gasteiger partial charge in [-0.05, 0) is 70.9 Å². The number of carbonyl (C=O) groups excluding carboxylic acids is 3. The van der Waals surface area contributed by atoms with Gasteiger partial charge < -0.3 is 37.4 Å². The van der Waals surface area contributed by atoms with Gasteiger partial charge in [-0.1, -0.05) is 6.42 Å². The number of nitrogens with one attached hydrogen (secondary N) is 1. The fourth-order valence-electron chi connectivity index (χ4n) is 4.65. The molecular formula is C22H40N6O5. The summed E-state index contributed by atoms with van der Waals surface area (Å²) >= 11 is 0. The van der Waals surface area contributed by atoms with Gasteiger partial charge in [0.05, 0.1) is 6.04 Å². The van der Waals surface area contributed by atoms with Crippen molar-refractivity contribution in [2.24, 2.45) is 17.2 Å². The van der Waals surface area contributed by atoms with Crippen LogP contribution in [0.3, 0.4) is 0 Å². The molecule has 0 spiro atoms. The molecule has 2 fully saturated rings. The van der Waals surface area contributed by atoms with Crippen LogP contribution in [0.1, 0.15) is 64.2 Å². The second kappa shape index (κ2) is 13.5. The van der Waals surface area contributed by atoms with E-state index in [9.17, 15) is 24.3 Å². The lowest BCUT2D eigenvalue weighted by molar-refractivity contribution is -0.150. The van der Waals surface area contributed by atoms with Gasteiger partial charge in [-0.15, -0.1) is 0 Å². The van der Waals surface area contributed by atoms with Crippen molar-refractivity contribution in [2.75, 3.05) is 26.2 Å². The Morgan fingerprint density at radius 1 is 0.848 bits per heavy atom. The predicted octanol–water partition coefficient (Wildman–Crippen LogP) is -0.877. The fourth-order valence-corrected chi connectivity index (χ4v) is 4.65. The van der Waals surface area contributed by atoms with E-state index >= 15 is 0 Å². The van der Waals surface area contributed by atoms with Crippen molar-refractivity contribution >= 4 is 23.7 Å². The molecule has 0 aromatic heterocycles. The molecule has 8 N–H and O–H groups in total. The molecule has 0 aromatic rings. The van der Waals surface area contributed by atoms with E-state index < -0.39 is 36.0 Å². The lowest BCUT2D eigenvalue weighted by Crippen LogP contribution is -2.56. The van der Waals surface area contributed by atoms with Gasteiger partial charge in [0.1, 0.15) is 18.1 Å². The number of aliphatic carboxylic acids is 1. The molecular weight excluding hydrogens is 428 g/mol. The zero-order valence-electron chi connectivity index (χ0n) is 19.4. The quantitative estimate of drug-likeness (QED) is 0.216. The van der Waals surface area contributed by atoms with Crippen molar-refractivity contribution in [1.82, 2.24) is 15.1 Å². The summed E-state index contributed by atoms with van der Waals surface area (Å²) in [5.74, 6) is -2.09. The summed E-state index contributed by atoms with van der Waals surface area (Å²) < 4.78 is 0. The molecule has 0 aliphatic carbocycles. The number of hydrogen-bond acceptors (Lipinski definition) is 7. The molecule has 2 aliphatic rings. The first-order valence-electron chi connectivity index (χ1n) is 12.1. The Morgan fingerprint density at radius 3 is 1.97 bits per heavy atom. The number of likely N-dealkylation sites (tertiary alicyclic amines) is 2. The lowest BCUT2D eigenvalue weighted by Gasteiger charge is -2.30. The number of hydrogen-bond donors (Lipinski definition) is 5. The first kappa shape index (κ1) is 27.0. The van der Waals surface area contributed by atoms with E-state index in [1.54, 1.807) is 0 Å². The Balaban J connectivity index is 2.06. The number of unbranched alkanes of at least 4 members (excludes halogenated alkanes) is 2. The van der Waals surface area contributed by atoms with Crippen LogP contribution in [0.25, 0.3) is 0 Å². The molecule has 2 saturated heterocycles. The Hall–Kier alpha value is -2.24. The molecule has 188 valence electrons. The number of carboxylic acids is 1. The molecule has 2 heterocycles. The summed E-state index contributed by atoms with van der Waals surface area (Å²) in [6.45, 7) is 1.80. The van der Waals surface area contributed by atoms with E-state index in [-0.39, 0.29) is 11.8 Å². The van der Waals surface area contributed by atoms with Gasteiger partial charge in [0.25, 0.3) is 0 Å². The van der Waals surface area contributed by atoms with Gasteiger partial charge in [-0.2, -0.15) is 0 Å². The summed E-state index contributed by atoms with van der Waals surface area (Å²) in [5, 5.41) is 12.3. The smallest absolute Gasteiger partial charge is 0.326 e.